The van der Waals surface area contributed by atoms with Gasteiger partial charge in [0.15, 0.2) is 5.54 Å². The summed E-state index contributed by atoms with van der Waals surface area (Å²) in [4.78, 5) is 12.8. The average Bonchev–Trinajstić information content (AvgIpc) is 2.62. The molecule has 1 atom stereocenters. The molecule has 0 aromatic heterocycles. The fraction of sp³-hybridized carbons (Fsp3) is 0.211. The summed E-state index contributed by atoms with van der Waals surface area (Å²) in [5, 5.41) is 3.23. The molecule has 1 heterocycles. The van der Waals surface area contributed by atoms with Crippen LogP contribution in [0.15, 0.2) is 72.9 Å². The number of carbonyl (C=O) groups is 1. The highest BCUT2D eigenvalue weighted by Gasteiger charge is 2.41. The van der Waals surface area contributed by atoms with Gasteiger partial charge >= 0.3 is 5.97 Å². The van der Waals surface area contributed by atoms with Crippen molar-refractivity contribution in [2.45, 2.75) is 25.0 Å². The summed E-state index contributed by atoms with van der Waals surface area (Å²) in [5.74, 6) is -0.230. The maximum absolute atomic E-state index is 12.8. The Morgan fingerprint density at radius 3 is 2.36 bits per heavy atom. The van der Waals surface area contributed by atoms with Crippen LogP contribution < -0.4 is 5.32 Å². The molecule has 0 radical (unpaired) electrons. The quantitative estimate of drug-likeness (QED) is 0.877. The van der Waals surface area contributed by atoms with Crippen molar-refractivity contribution in [2.24, 2.45) is 0 Å². The molecule has 112 valence electrons. The Balaban J connectivity index is 1.80. The second-order valence-corrected chi connectivity index (χ2v) is 5.42. The monoisotopic (exact) mass is 293 g/mol. The molecule has 0 aliphatic carbocycles. The van der Waals surface area contributed by atoms with Crippen LogP contribution in [-0.2, 0) is 21.7 Å². The zero-order chi connectivity index (χ0) is 15.3. The van der Waals surface area contributed by atoms with Crippen molar-refractivity contribution in [3.05, 3.63) is 84.1 Å². The molecule has 0 bridgehead atoms. The number of carbonyl (C=O) groups excluding carboxylic acids is 1. The summed E-state index contributed by atoms with van der Waals surface area (Å²) < 4.78 is 5.59. The molecule has 0 saturated heterocycles. The molecule has 1 unspecified atom stereocenters. The largest absolute Gasteiger partial charge is 0.459 e. The third-order valence-electron chi connectivity index (χ3n) is 3.96. The fourth-order valence-electron chi connectivity index (χ4n) is 2.73. The highest BCUT2D eigenvalue weighted by atomic mass is 16.5. The van der Waals surface area contributed by atoms with E-state index in [2.05, 4.69) is 5.32 Å². The topological polar surface area (TPSA) is 38.3 Å². The summed E-state index contributed by atoms with van der Waals surface area (Å²) in [7, 11) is 0. The molecular formula is C19H19NO2. The fourth-order valence-corrected chi connectivity index (χ4v) is 2.73. The maximum atomic E-state index is 12.8. The Morgan fingerprint density at radius 1 is 1.05 bits per heavy atom. The molecule has 3 heteroatoms. The molecule has 2 aromatic carbocycles. The van der Waals surface area contributed by atoms with E-state index in [1.165, 1.54) is 0 Å². The van der Waals surface area contributed by atoms with Gasteiger partial charge in [-0.15, -0.1) is 0 Å². The van der Waals surface area contributed by atoms with E-state index >= 15 is 0 Å². The molecule has 0 amide bonds. The van der Waals surface area contributed by atoms with Gasteiger partial charge in [-0.1, -0.05) is 66.7 Å². The first-order chi connectivity index (χ1) is 10.8. The second-order valence-electron chi connectivity index (χ2n) is 5.42. The van der Waals surface area contributed by atoms with Crippen molar-refractivity contribution in [1.82, 2.24) is 5.32 Å². The van der Waals surface area contributed by atoms with E-state index in [1.54, 1.807) is 0 Å². The van der Waals surface area contributed by atoms with Crippen LogP contribution in [0.3, 0.4) is 0 Å². The molecule has 1 aliphatic rings. The lowest BCUT2D eigenvalue weighted by molar-refractivity contribution is -0.153. The first-order valence-electron chi connectivity index (χ1n) is 7.51. The molecule has 0 spiro atoms. The number of nitrogens with one attached hydrogen (secondary N) is 1. The highest BCUT2D eigenvalue weighted by Crippen LogP contribution is 2.31. The first-order valence-corrected chi connectivity index (χ1v) is 7.51. The molecule has 3 rings (SSSR count). The van der Waals surface area contributed by atoms with Crippen molar-refractivity contribution in [2.75, 3.05) is 0 Å². The van der Waals surface area contributed by atoms with Crippen LogP contribution in [0.2, 0.25) is 0 Å². The summed E-state index contributed by atoms with van der Waals surface area (Å²) in [5.41, 5.74) is 1.15. The van der Waals surface area contributed by atoms with Crippen molar-refractivity contribution >= 4 is 5.97 Å². The van der Waals surface area contributed by atoms with Crippen molar-refractivity contribution in [3.63, 3.8) is 0 Å². The number of hydrogen-bond donors (Lipinski definition) is 1. The van der Waals surface area contributed by atoms with E-state index in [9.17, 15) is 4.79 Å². The molecule has 22 heavy (non-hydrogen) atoms. The minimum absolute atomic E-state index is 0.230. The zero-order valence-electron chi connectivity index (χ0n) is 12.4. The van der Waals surface area contributed by atoms with Crippen molar-refractivity contribution in [3.8, 4) is 0 Å². The predicted molar refractivity (Wildman–Crippen MR) is 85.9 cm³/mol. The van der Waals surface area contributed by atoms with Crippen LogP contribution in [0.1, 0.15) is 24.0 Å². The van der Waals surface area contributed by atoms with Crippen LogP contribution in [0.25, 0.3) is 0 Å². The van der Waals surface area contributed by atoms with E-state index in [0.717, 1.165) is 17.5 Å². The summed E-state index contributed by atoms with van der Waals surface area (Å²) in [6.45, 7) is 0.291. The molecule has 2 aromatic rings. The lowest BCUT2D eigenvalue weighted by Gasteiger charge is -2.34. The van der Waals surface area contributed by atoms with Gasteiger partial charge in [-0.05, 0) is 30.2 Å². The Bertz CT molecular complexity index is 652. The Labute approximate surface area is 130 Å². The molecular weight excluding hydrogens is 274 g/mol. The third-order valence-corrected chi connectivity index (χ3v) is 3.96. The van der Waals surface area contributed by atoms with Crippen LogP contribution in [-0.4, -0.2) is 5.97 Å². The van der Waals surface area contributed by atoms with E-state index in [4.69, 9.17) is 4.74 Å². The van der Waals surface area contributed by atoms with Crippen molar-refractivity contribution < 1.29 is 9.53 Å². The van der Waals surface area contributed by atoms with Gasteiger partial charge in [0, 0.05) is 0 Å². The van der Waals surface area contributed by atoms with E-state index in [0.29, 0.717) is 13.0 Å². The van der Waals surface area contributed by atoms with Gasteiger partial charge in [0.05, 0.1) is 0 Å². The van der Waals surface area contributed by atoms with E-state index in [-0.39, 0.29) is 5.97 Å². The van der Waals surface area contributed by atoms with Crippen LogP contribution in [0.4, 0.5) is 0 Å². The number of benzene rings is 2. The molecule has 0 fully saturated rings. The van der Waals surface area contributed by atoms with E-state index < -0.39 is 5.54 Å². The molecule has 3 nitrogen and oxygen atoms in total. The summed E-state index contributed by atoms with van der Waals surface area (Å²) in [6.07, 6.45) is 5.43. The van der Waals surface area contributed by atoms with Gasteiger partial charge in [0.2, 0.25) is 0 Å². The van der Waals surface area contributed by atoms with Gasteiger partial charge in [-0.2, -0.15) is 0 Å². The molecule has 1 N–H and O–H groups in total. The standard InChI is InChI=1S/C19H19NO2/c21-18(22-15-16-9-3-1-4-10-16)19(13-7-8-14-20-19)17-11-5-2-6-12-17/h1-6,8-12,14,20H,7,13,15H2. The number of esters is 1. The molecule has 1 aliphatic heterocycles. The number of ether oxygens (including phenoxy) is 1. The summed E-state index contributed by atoms with van der Waals surface area (Å²) in [6, 6.07) is 19.5. The second kappa shape index (κ2) is 6.48. The predicted octanol–water partition coefficient (Wildman–Crippen LogP) is 3.52. The summed E-state index contributed by atoms with van der Waals surface area (Å²) >= 11 is 0. The average molecular weight is 293 g/mol. The van der Waals surface area contributed by atoms with Gasteiger partial charge in [0.1, 0.15) is 6.61 Å². The number of hydrogen-bond acceptors (Lipinski definition) is 3. The van der Waals surface area contributed by atoms with Gasteiger partial charge in [0.25, 0.3) is 0 Å². The first kappa shape index (κ1) is 14.4. The minimum Gasteiger partial charge on any atom is -0.459 e. The maximum Gasteiger partial charge on any atom is 0.336 e. The minimum atomic E-state index is -0.787. The molecule has 0 saturated carbocycles. The zero-order valence-corrected chi connectivity index (χ0v) is 12.4. The van der Waals surface area contributed by atoms with Crippen LogP contribution in [0, 0.1) is 0 Å². The third kappa shape index (κ3) is 2.89. The Morgan fingerprint density at radius 2 is 1.73 bits per heavy atom. The van der Waals surface area contributed by atoms with Crippen LogP contribution >= 0.6 is 0 Å². The van der Waals surface area contributed by atoms with Gasteiger partial charge < -0.3 is 10.1 Å². The van der Waals surface area contributed by atoms with E-state index in [1.807, 2.05) is 72.9 Å². The van der Waals surface area contributed by atoms with Gasteiger partial charge in [-0.25, -0.2) is 4.79 Å². The smallest absolute Gasteiger partial charge is 0.336 e. The Hall–Kier alpha value is -2.55. The number of rotatable bonds is 4. The van der Waals surface area contributed by atoms with Crippen LogP contribution in [0.5, 0.6) is 0 Å². The normalized spacial score (nSPS) is 20.2. The lowest BCUT2D eigenvalue weighted by Crippen LogP contribution is -2.49. The van der Waals surface area contributed by atoms with Gasteiger partial charge in [-0.3, -0.25) is 0 Å². The Kier molecular flexibility index (Phi) is 4.24. The number of allylic oxidation sites excluding steroid dienone is 1. The lowest BCUT2D eigenvalue weighted by atomic mass is 9.84. The van der Waals surface area contributed by atoms with Crippen molar-refractivity contribution in [1.29, 1.82) is 0 Å². The highest BCUT2D eigenvalue weighted by molar-refractivity contribution is 5.83. The SMILES string of the molecule is O=C(OCc1ccccc1)C1(c2ccccc2)CCC=CN1.